The Hall–Kier alpha value is -1.56. The van der Waals surface area contributed by atoms with Crippen molar-refractivity contribution in [1.29, 1.82) is 0 Å². The fourth-order valence-electron chi connectivity index (χ4n) is 2.27. The Balaban J connectivity index is 2.31. The smallest absolute Gasteiger partial charge is 0.241 e. The average molecular weight is 354 g/mol. The highest BCUT2D eigenvalue weighted by Crippen LogP contribution is 2.26. The number of hydrogen-bond donors (Lipinski definition) is 1. The highest BCUT2D eigenvalue weighted by atomic mass is 35.5. The molecule has 0 spiro atoms. The summed E-state index contributed by atoms with van der Waals surface area (Å²) in [6, 6.07) is 13.3. The maximum atomic E-state index is 12.6. The third-order valence-electron chi connectivity index (χ3n) is 3.53. The molecule has 0 aliphatic carbocycles. The molecular formula is C17H20ClNO3S. The van der Waals surface area contributed by atoms with Crippen LogP contribution in [-0.2, 0) is 10.0 Å². The van der Waals surface area contributed by atoms with E-state index in [4.69, 9.17) is 16.3 Å². The van der Waals surface area contributed by atoms with Crippen molar-refractivity contribution in [3.05, 3.63) is 59.1 Å². The Morgan fingerprint density at radius 2 is 1.74 bits per heavy atom. The maximum Gasteiger partial charge on any atom is 0.241 e. The molecule has 2 aromatic carbocycles. The van der Waals surface area contributed by atoms with Gasteiger partial charge in [-0.15, -0.1) is 0 Å². The minimum absolute atomic E-state index is 0.0809. The van der Waals surface area contributed by atoms with Gasteiger partial charge in [0.15, 0.2) is 0 Å². The van der Waals surface area contributed by atoms with Crippen LogP contribution >= 0.6 is 11.6 Å². The Labute approximate surface area is 142 Å². The first-order valence-corrected chi connectivity index (χ1v) is 9.11. The van der Waals surface area contributed by atoms with E-state index in [-0.39, 0.29) is 16.9 Å². The Morgan fingerprint density at radius 3 is 2.26 bits per heavy atom. The van der Waals surface area contributed by atoms with Crippen LogP contribution in [0.2, 0.25) is 5.02 Å². The highest BCUT2D eigenvalue weighted by Gasteiger charge is 2.24. The summed E-state index contributed by atoms with van der Waals surface area (Å²) in [4.78, 5) is 0.157. The summed E-state index contributed by atoms with van der Waals surface area (Å²) in [5, 5.41) is 0.387. The van der Waals surface area contributed by atoms with Gasteiger partial charge in [0.05, 0.1) is 12.0 Å². The standard InChI is InChI=1S/C17H20ClNO3S/c1-12(2)17(13-7-9-15(22-3)10-8-13)19-23(20,21)16-6-4-5-14(18)11-16/h4-12,17,19H,1-3H3. The van der Waals surface area contributed by atoms with Gasteiger partial charge in [0.2, 0.25) is 10.0 Å². The van der Waals surface area contributed by atoms with Crippen molar-refractivity contribution >= 4 is 21.6 Å². The first-order chi connectivity index (χ1) is 10.8. The SMILES string of the molecule is COc1ccc(C(NS(=O)(=O)c2cccc(Cl)c2)C(C)C)cc1. The van der Waals surface area contributed by atoms with Gasteiger partial charge in [0.25, 0.3) is 0 Å². The van der Waals surface area contributed by atoms with E-state index in [1.54, 1.807) is 19.2 Å². The van der Waals surface area contributed by atoms with E-state index >= 15 is 0 Å². The van der Waals surface area contributed by atoms with E-state index in [0.717, 1.165) is 11.3 Å². The topological polar surface area (TPSA) is 55.4 Å². The molecule has 4 nitrogen and oxygen atoms in total. The second kappa shape index (κ2) is 7.34. The van der Waals surface area contributed by atoms with E-state index in [9.17, 15) is 8.42 Å². The van der Waals surface area contributed by atoms with E-state index in [1.807, 2.05) is 38.1 Å². The van der Waals surface area contributed by atoms with Crippen molar-refractivity contribution in [1.82, 2.24) is 4.72 Å². The van der Waals surface area contributed by atoms with Crippen LogP contribution in [0.25, 0.3) is 0 Å². The van der Waals surface area contributed by atoms with Gasteiger partial charge >= 0.3 is 0 Å². The van der Waals surface area contributed by atoms with Crippen LogP contribution in [0.4, 0.5) is 0 Å². The summed E-state index contributed by atoms with van der Waals surface area (Å²) in [6.07, 6.45) is 0. The lowest BCUT2D eigenvalue weighted by Gasteiger charge is -2.23. The van der Waals surface area contributed by atoms with E-state index in [0.29, 0.717) is 5.02 Å². The molecule has 1 N–H and O–H groups in total. The van der Waals surface area contributed by atoms with Gasteiger partial charge in [-0.2, -0.15) is 0 Å². The number of hydrogen-bond acceptors (Lipinski definition) is 3. The summed E-state index contributed by atoms with van der Waals surface area (Å²) in [5.41, 5.74) is 0.881. The first-order valence-electron chi connectivity index (χ1n) is 7.25. The first kappa shape index (κ1) is 17.8. The van der Waals surface area contributed by atoms with Crippen LogP contribution in [0.5, 0.6) is 5.75 Å². The van der Waals surface area contributed by atoms with Gasteiger partial charge in [-0.05, 0) is 41.8 Å². The van der Waals surface area contributed by atoms with E-state index < -0.39 is 10.0 Å². The van der Waals surface area contributed by atoms with Gasteiger partial charge in [-0.1, -0.05) is 43.6 Å². The van der Waals surface area contributed by atoms with Gasteiger partial charge in [-0.3, -0.25) is 0 Å². The summed E-state index contributed by atoms with van der Waals surface area (Å²) in [5.74, 6) is 0.811. The second-order valence-corrected chi connectivity index (χ2v) is 7.72. The molecule has 2 rings (SSSR count). The van der Waals surface area contributed by atoms with Crippen LogP contribution in [0.3, 0.4) is 0 Å². The van der Waals surface area contributed by atoms with Gasteiger partial charge in [-0.25, -0.2) is 13.1 Å². The van der Waals surface area contributed by atoms with Crippen molar-refractivity contribution in [2.75, 3.05) is 7.11 Å². The van der Waals surface area contributed by atoms with Crippen molar-refractivity contribution < 1.29 is 13.2 Å². The number of rotatable bonds is 6. The zero-order chi connectivity index (χ0) is 17.0. The molecular weight excluding hydrogens is 334 g/mol. The molecule has 2 aromatic rings. The van der Waals surface area contributed by atoms with Crippen molar-refractivity contribution in [2.24, 2.45) is 5.92 Å². The van der Waals surface area contributed by atoms with E-state index in [1.165, 1.54) is 12.1 Å². The van der Waals surface area contributed by atoms with Gasteiger partial charge in [0.1, 0.15) is 5.75 Å². The molecule has 23 heavy (non-hydrogen) atoms. The molecule has 0 saturated carbocycles. The third-order valence-corrected chi connectivity index (χ3v) is 5.20. The Morgan fingerprint density at radius 1 is 1.09 bits per heavy atom. The van der Waals surface area contributed by atoms with Crippen molar-refractivity contribution in [3.8, 4) is 5.75 Å². The normalized spacial score (nSPS) is 13.1. The molecule has 0 fully saturated rings. The molecule has 124 valence electrons. The average Bonchev–Trinajstić information content (AvgIpc) is 2.52. The van der Waals surface area contributed by atoms with Crippen LogP contribution in [-0.4, -0.2) is 15.5 Å². The number of nitrogens with one attached hydrogen (secondary N) is 1. The lowest BCUT2D eigenvalue weighted by molar-refractivity contribution is 0.413. The molecule has 0 saturated heterocycles. The van der Waals surface area contributed by atoms with E-state index in [2.05, 4.69) is 4.72 Å². The predicted molar refractivity (Wildman–Crippen MR) is 92.3 cm³/mol. The number of benzene rings is 2. The molecule has 6 heteroatoms. The third kappa shape index (κ3) is 4.47. The molecule has 1 unspecified atom stereocenters. The Bertz CT molecular complexity index is 758. The zero-order valence-corrected chi connectivity index (χ0v) is 14.9. The Kier molecular flexibility index (Phi) is 5.68. The maximum absolute atomic E-state index is 12.6. The highest BCUT2D eigenvalue weighted by molar-refractivity contribution is 7.89. The van der Waals surface area contributed by atoms with Gasteiger partial charge < -0.3 is 4.74 Å². The lowest BCUT2D eigenvalue weighted by atomic mass is 9.97. The molecule has 0 aliphatic rings. The predicted octanol–water partition coefficient (Wildman–Crippen LogP) is 4.02. The molecule has 0 aliphatic heterocycles. The van der Waals surface area contributed by atoms with Crippen LogP contribution in [0, 0.1) is 5.92 Å². The zero-order valence-electron chi connectivity index (χ0n) is 13.3. The monoisotopic (exact) mass is 353 g/mol. The number of sulfonamides is 1. The fourth-order valence-corrected chi connectivity index (χ4v) is 3.94. The second-order valence-electron chi connectivity index (χ2n) is 5.57. The number of halogens is 1. The number of ether oxygens (including phenoxy) is 1. The molecule has 1 atom stereocenters. The summed E-state index contributed by atoms with van der Waals surface area (Å²) in [6.45, 7) is 3.94. The van der Waals surface area contributed by atoms with Crippen LogP contribution < -0.4 is 9.46 Å². The summed E-state index contributed by atoms with van der Waals surface area (Å²) < 4.78 is 33.1. The van der Waals surface area contributed by atoms with Crippen molar-refractivity contribution in [2.45, 2.75) is 24.8 Å². The molecule has 0 amide bonds. The molecule has 0 bridgehead atoms. The summed E-state index contributed by atoms with van der Waals surface area (Å²) >= 11 is 5.89. The molecule has 0 radical (unpaired) electrons. The molecule has 0 heterocycles. The van der Waals surface area contributed by atoms with Gasteiger partial charge in [0, 0.05) is 11.1 Å². The number of methoxy groups -OCH3 is 1. The lowest BCUT2D eigenvalue weighted by Crippen LogP contribution is -2.31. The summed E-state index contributed by atoms with van der Waals surface area (Å²) in [7, 11) is -2.06. The fraction of sp³-hybridized carbons (Fsp3) is 0.294. The van der Waals surface area contributed by atoms with Crippen LogP contribution in [0.15, 0.2) is 53.4 Å². The minimum Gasteiger partial charge on any atom is -0.497 e. The molecule has 0 aromatic heterocycles. The quantitative estimate of drug-likeness (QED) is 0.853. The largest absolute Gasteiger partial charge is 0.497 e. The van der Waals surface area contributed by atoms with Crippen molar-refractivity contribution in [3.63, 3.8) is 0 Å². The van der Waals surface area contributed by atoms with Crippen LogP contribution in [0.1, 0.15) is 25.5 Å². The minimum atomic E-state index is -3.66.